The Kier molecular flexibility index (Phi) is 11.4. The smallest absolute Gasteiger partial charge is 0.467 e. The van der Waals surface area contributed by atoms with Crippen molar-refractivity contribution in [1.29, 1.82) is 0 Å². The van der Waals surface area contributed by atoms with Gasteiger partial charge in [0.05, 0.1) is 25.4 Å². The molecule has 50 heavy (non-hydrogen) atoms. The standard InChI is InChI=1S/C34H44F3N4O8P/c1-21-8-9-24(39-30(43)26-18-23(10-11-38-26)34(35,36)37)19-25(21)22-16-28(41-12-14-47-15-13-41)40-29(17-22)49-33(31(2,3)4,32(5,6)7)27(42)20-48-50(44,45)46/h8-11,16-19,27,42H,12-15,20H2,1-7H3,(H,39,43)(H2,44,45,46)/t27-/m1/s1. The minimum Gasteiger partial charge on any atom is -0.467 e. The lowest BCUT2D eigenvalue weighted by Crippen LogP contribution is -2.66. The number of aromatic nitrogens is 2. The second-order valence-corrected chi connectivity index (χ2v) is 15.4. The molecule has 2 aromatic heterocycles. The number of nitrogens with one attached hydrogen (secondary N) is 1. The number of carbonyl (C=O) groups is 1. The lowest BCUT2D eigenvalue weighted by molar-refractivity contribution is -0.193. The van der Waals surface area contributed by atoms with Crippen molar-refractivity contribution in [2.45, 2.75) is 66.3 Å². The van der Waals surface area contributed by atoms with Gasteiger partial charge in [0.1, 0.15) is 23.2 Å². The molecule has 1 aliphatic rings. The maximum absolute atomic E-state index is 13.3. The number of nitrogens with zero attached hydrogens (tertiary/aromatic N) is 3. The molecule has 0 unspecified atom stereocenters. The molecule has 1 atom stereocenters. The third-order valence-electron chi connectivity index (χ3n) is 8.61. The van der Waals surface area contributed by atoms with Crippen molar-refractivity contribution in [3.63, 3.8) is 0 Å². The highest BCUT2D eigenvalue weighted by Gasteiger charge is 2.58. The quantitative estimate of drug-likeness (QED) is 0.175. The van der Waals surface area contributed by atoms with Crippen molar-refractivity contribution in [2.75, 3.05) is 43.1 Å². The highest BCUT2D eigenvalue weighted by molar-refractivity contribution is 7.46. The largest absolute Gasteiger partial charge is 0.469 e. The van der Waals surface area contributed by atoms with Crippen molar-refractivity contribution in [3.8, 4) is 17.0 Å². The number of hydrogen-bond acceptors (Lipinski definition) is 9. The van der Waals surface area contributed by atoms with Gasteiger partial charge in [-0.25, -0.2) is 4.57 Å². The van der Waals surface area contributed by atoms with Gasteiger partial charge in [-0.3, -0.25) is 14.3 Å². The van der Waals surface area contributed by atoms with E-state index in [9.17, 15) is 37.4 Å². The average molecular weight is 725 g/mol. The number of halogens is 3. The lowest BCUT2D eigenvalue weighted by Gasteiger charge is -2.54. The third kappa shape index (κ3) is 9.00. The van der Waals surface area contributed by atoms with E-state index in [4.69, 9.17) is 19.0 Å². The fourth-order valence-electron chi connectivity index (χ4n) is 6.54. The first-order valence-electron chi connectivity index (χ1n) is 15.9. The number of anilines is 2. The Balaban J connectivity index is 1.81. The van der Waals surface area contributed by atoms with E-state index in [2.05, 4.69) is 10.3 Å². The predicted molar refractivity (Wildman–Crippen MR) is 181 cm³/mol. The first-order chi connectivity index (χ1) is 23.0. The molecule has 0 radical (unpaired) electrons. The third-order valence-corrected chi connectivity index (χ3v) is 9.10. The Morgan fingerprint density at radius 2 is 1.66 bits per heavy atom. The van der Waals surface area contributed by atoms with Gasteiger partial charge in [-0.1, -0.05) is 47.6 Å². The van der Waals surface area contributed by atoms with Crippen LogP contribution in [-0.4, -0.2) is 75.4 Å². The summed E-state index contributed by atoms with van der Waals surface area (Å²) in [5.41, 5.74) is -2.28. The molecule has 0 spiro atoms. The molecule has 3 aromatic rings. The van der Waals surface area contributed by atoms with Gasteiger partial charge in [-0.15, -0.1) is 0 Å². The summed E-state index contributed by atoms with van der Waals surface area (Å²) in [7, 11) is -4.93. The van der Waals surface area contributed by atoms with Crippen LogP contribution in [0.15, 0.2) is 48.7 Å². The molecule has 3 heterocycles. The summed E-state index contributed by atoms with van der Waals surface area (Å²) in [6.07, 6.45) is -5.25. The Bertz CT molecular complexity index is 1720. The van der Waals surface area contributed by atoms with Crippen LogP contribution in [0.3, 0.4) is 0 Å². The van der Waals surface area contributed by atoms with E-state index in [0.29, 0.717) is 55.0 Å². The van der Waals surface area contributed by atoms with Crippen LogP contribution in [0, 0.1) is 17.8 Å². The molecule has 1 fully saturated rings. The van der Waals surface area contributed by atoms with Crippen molar-refractivity contribution in [1.82, 2.24) is 9.97 Å². The molecule has 0 bridgehead atoms. The number of ether oxygens (including phenoxy) is 2. The highest BCUT2D eigenvalue weighted by Crippen LogP contribution is 2.51. The van der Waals surface area contributed by atoms with E-state index < -0.39 is 60.3 Å². The Morgan fingerprint density at radius 3 is 2.24 bits per heavy atom. The number of hydrogen-bond donors (Lipinski definition) is 4. The fourth-order valence-corrected chi connectivity index (χ4v) is 6.87. The molecule has 274 valence electrons. The molecule has 0 saturated carbocycles. The summed E-state index contributed by atoms with van der Waals surface area (Å²) in [6, 6.07) is 10.0. The Labute approximate surface area is 289 Å². The monoisotopic (exact) mass is 724 g/mol. The molecule has 16 heteroatoms. The lowest BCUT2D eigenvalue weighted by atomic mass is 9.59. The van der Waals surface area contributed by atoms with Gasteiger partial charge in [0.15, 0.2) is 0 Å². The molecule has 1 aliphatic heterocycles. The van der Waals surface area contributed by atoms with Gasteiger partial charge in [0, 0.05) is 41.9 Å². The number of alkyl halides is 3. The van der Waals surface area contributed by atoms with Gasteiger partial charge < -0.3 is 34.6 Å². The molecule has 4 N–H and O–H groups in total. The highest BCUT2D eigenvalue weighted by atomic mass is 31.2. The number of morpholine rings is 1. The molecule has 1 aromatic carbocycles. The van der Waals surface area contributed by atoms with Gasteiger partial charge in [-0.2, -0.15) is 18.2 Å². The van der Waals surface area contributed by atoms with Crippen LogP contribution < -0.4 is 15.0 Å². The van der Waals surface area contributed by atoms with Crippen molar-refractivity contribution < 1.29 is 51.4 Å². The summed E-state index contributed by atoms with van der Waals surface area (Å²) >= 11 is 0. The summed E-state index contributed by atoms with van der Waals surface area (Å²) in [5.74, 6) is -0.197. The predicted octanol–water partition coefficient (Wildman–Crippen LogP) is 6.24. The molecular formula is C34H44F3N4O8P. The second kappa shape index (κ2) is 14.6. The minimum absolute atomic E-state index is 0.103. The molecule has 12 nitrogen and oxygen atoms in total. The topological polar surface area (TPSA) is 164 Å². The van der Waals surface area contributed by atoms with Crippen LogP contribution >= 0.6 is 7.82 Å². The maximum atomic E-state index is 13.3. The van der Waals surface area contributed by atoms with Gasteiger partial charge in [-0.05, 0) is 53.9 Å². The fraction of sp³-hybridized carbons (Fsp3) is 0.500. The number of aryl methyl sites for hydroxylation is 1. The van der Waals surface area contributed by atoms with E-state index >= 15 is 0 Å². The number of carbonyl (C=O) groups excluding carboxylic acids is 1. The number of benzene rings is 1. The van der Waals surface area contributed by atoms with E-state index in [1.165, 1.54) is 0 Å². The number of amides is 1. The van der Waals surface area contributed by atoms with Crippen molar-refractivity contribution in [3.05, 3.63) is 65.5 Å². The first-order valence-corrected chi connectivity index (χ1v) is 17.4. The normalized spacial score (nSPS) is 15.5. The molecule has 0 aliphatic carbocycles. The zero-order valence-electron chi connectivity index (χ0n) is 29.0. The van der Waals surface area contributed by atoms with Crippen LogP contribution in [-0.2, 0) is 20.0 Å². The van der Waals surface area contributed by atoms with Gasteiger partial charge in [0.2, 0.25) is 5.88 Å². The summed E-state index contributed by atoms with van der Waals surface area (Å²) in [6.45, 7) is 14.1. The van der Waals surface area contributed by atoms with Crippen molar-refractivity contribution in [2.24, 2.45) is 10.8 Å². The van der Waals surface area contributed by atoms with E-state index in [1.54, 1.807) is 24.3 Å². The maximum Gasteiger partial charge on any atom is 0.469 e. The summed E-state index contributed by atoms with van der Waals surface area (Å²) < 4.78 is 68.5. The number of phosphoric ester groups is 1. The van der Waals surface area contributed by atoms with E-state index in [1.807, 2.05) is 59.4 Å². The molecule has 1 amide bonds. The van der Waals surface area contributed by atoms with E-state index in [0.717, 1.165) is 17.8 Å². The average Bonchev–Trinajstić information content (AvgIpc) is 3.01. The SMILES string of the molecule is Cc1ccc(NC(=O)c2cc(C(F)(F)F)ccn2)cc1-c1cc(OC([C@H](O)COP(=O)(O)O)(C(C)(C)C)C(C)(C)C)nc(N2CCOCC2)c1. The molecular weight excluding hydrogens is 680 g/mol. The summed E-state index contributed by atoms with van der Waals surface area (Å²) in [4.78, 5) is 42.5. The van der Waals surface area contributed by atoms with Crippen LogP contribution in [0.25, 0.3) is 11.1 Å². The molecule has 1 saturated heterocycles. The Hall–Kier alpha value is -3.59. The number of aliphatic hydroxyl groups is 1. The van der Waals surface area contributed by atoms with Crippen LogP contribution in [0.2, 0.25) is 0 Å². The van der Waals surface area contributed by atoms with Crippen LogP contribution in [0.5, 0.6) is 5.88 Å². The van der Waals surface area contributed by atoms with Gasteiger partial charge >= 0.3 is 14.0 Å². The zero-order chi connectivity index (χ0) is 37.3. The zero-order valence-corrected chi connectivity index (χ0v) is 29.9. The summed E-state index contributed by atoms with van der Waals surface area (Å²) in [5, 5.41) is 14.3. The first kappa shape index (κ1) is 39.2. The number of phosphoric acid groups is 1. The minimum atomic E-state index is -4.93. The Morgan fingerprint density at radius 1 is 1.02 bits per heavy atom. The van der Waals surface area contributed by atoms with Crippen molar-refractivity contribution >= 4 is 25.2 Å². The number of rotatable bonds is 10. The van der Waals surface area contributed by atoms with Crippen LogP contribution in [0.4, 0.5) is 24.7 Å². The van der Waals surface area contributed by atoms with Gasteiger partial charge in [0.25, 0.3) is 5.91 Å². The molecule has 4 rings (SSSR count). The number of aliphatic hydroxyl groups excluding tert-OH is 1. The number of pyridine rings is 2. The van der Waals surface area contributed by atoms with Crippen LogP contribution in [0.1, 0.15) is 63.2 Å². The second-order valence-electron chi connectivity index (χ2n) is 14.2. The van der Waals surface area contributed by atoms with E-state index in [-0.39, 0.29) is 5.88 Å².